The molecule has 0 aliphatic heterocycles. The van der Waals surface area contributed by atoms with Gasteiger partial charge in [0, 0.05) is 16.5 Å². The summed E-state index contributed by atoms with van der Waals surface area (Å²) in [6, 6.07) is 42.0. The van der Waals surface area contributed by atoms with Crippen molar-refractivity contribution in [3.05, 3.63) is 133 Å². The van der Waals surface area contributed by atoms with Gasteiger partial charge in [0.25, 0.3) is 0 Å². The molecular weight excluding hydrogens is 400 g/mol. The summed E-state index contributed by atoms with van der Waals surface area (Å²) in [5.41, 5.74) is 8.41. The van der Waals surface area contributed by atoms with Crippen LogP contribution in [0.25, 0.3) is 54.6 Å². The van der Waals surface area contributed by atoms with Crippen LogP contribution in [-0.2, 0) is 0 Å². The number of rotatable bonds is 3. The molecule has 5 aromatic carbocycles. The zero-order valence-electron chi connectivity index (χ0n) is 17.9. The molecule has 0 fully saturated rings. The minimum Gasteiger partial charge on any atom is -0.310 e. The van der Waals surface area contributed by atoms with Crippen molar-refractivity contribution in [3.8, 4) is 27.9 Å². The third kappa shape index (κ3) is 3.28. The second-order valence-electron chi connectivity index (χ2n) is 8.17. The van der Waals surface area contributed by atoms with Crippen LogP contribution in [0.1, 0.15) is 0 Å². The monoisotopic (exact) mass is 420 g/mol. The number of benzene rings is 5. The average molecular weight is 421 g/mol. The minimum atomic E-state index is 0.634. The van der Waals surface area contributed by atoms with Crippen LogP contribution in [0.4, 0.5) is 5.69 Å². The molecule has 2 heteroatoms. The SMILES string of the molecule is [C-]#[N+]c1cc(-c2cccc(-c3ccccc3)c2)cc(-n2c3ccccc3c3ccccc32)c1. The molecule has 0 aliphatic carbocycles. The predicted octanol–water partition coefficient (Wildman–Crippen LogP) is 8.67. The van der Waals surface area contributed by atoms with Crippen molar-refractivity contribution in [1.82, 2.24) is 4.57 Å². The topological polar surface area (TPSA) is 9.29 Å². The molecule has 6 rings (SSSR count). The Morgan fingerprint density at radius 1 is 0.485 bits per heavy atom. The van der Waals surface area contributed by atoms with E-state index in [9.17, 15) is 0 Å². The quantitative estimate of drug-likeness (QED) is 0.253. The Labute approximate surface area is 192 Å². The fraction of sp³-hybridized carbons (Fsp3) is 0. The summed E-state index contributed by atoms with van der Waals surface area (Å²) in [5, 5.41) is 2.43. The maximum atomic E-state index is 7.74. The molecular formula is C31H20N2. The van der Waals surface area contributed by atoms with Gasteiger partial charge in [0.2, 0.25) is 0 Å². The summed E-state index contributed by atoms with van der Waals surface area (Å²) in [6.07, 6.45) is 0. The third-order valence-corrected chi connectivity index (χ3v) is 6.17. The first-order valence-corrected chi connectivity index (χ1v) is 11.0. The number of para-hydroxylation sites is 2. The van der Waals surface area contributed by atoms with Crippen LogP contribution in [-0.4, -0.2) is 4.57 Å². The van der Waals surface area contributed by atoms with Crippen molar-refractivity contribution in [2.75, 3.05) is 0 Å². The first kappa shape index (κ1) is 19.1. The lowest BCUT2D eigenvalue weighted by Crippen LogP contribution is -1.94. The van der Waals surface area contributed by atoms with Gasteiger partial charge in [-0.2, -0.15) is 0 Å². The molecule has 33 heavy (non-hydrogen) atoms. The van der Waals surface area contributed by atoms with Crippen LogP contribution < -0.4 is 0 Å². The van der Waals surface area contributed by atoms with E-state index in [0.717, 1.165) is 27.8 Å². The summed E-state index contributed by atoms with van der Waals surface area (Å²) in [6.45, 7) is 7.74. The van der Waals surface area contributed by atoms with Crippen molar-refractivity contribution in [2.24, 2.45) is 0 Å². The number of aromatic nitrogens is 1. The van der Waals surface area contributed by atoms with Crippen molar-refractivity contribution >= 4 is 27.5 Å². The van der Waals surface area contributed by atoms with Gasteiger partial charge in [-0.3, -0.25) is 0 Å². The second-order valence-corrected chi connectivity index (χ2v) is 8.17. The van der Waals surface area contributed by atoms with Crippen molar-refractivity contribution in [2.45, 2.75) is 0 Å². The molecule has 0 amide bonds. The fourth-order valence-corrected chi connectivity index (χ4v) is 4.67. The number of hydrogen-bond donors (Lipinski definition) is 0. The van der Waals surface area contributed by atoms with E-state index >= 15 is 0 Å². The molecule has 0 saturated heterocycles. The number of nitrogens with zero attached hydrogens (tertiary/aromatic N) is 2. The van der Waals surface area contributed by atoms with E-state index in [-0.39, 0.29) is 0 Å². The van der Waals surface area contributed by atoms with E-state index in [4.69, 9.17) is 6.57 Å². The molecule has 6 aromatic rings. The van der Waals surface area contributed by atoms with Gasteiger partial charge in [0.15, 0.2) is 5.69 Å². The molecule has 0 bridgehead atoms. The molecule has 2 nitrogen and oxygen atoms in total. The highest BCUT2D eigenvalue weighted by Gasteiger charge is 2.13. The zero-order valence-corrected chi connectivity index (χ0v) is 17.9. The Morgan fingerprint density at radius 3 is 1.73 bits per heavy atom. The molecule has 0 spiro atoms. The molecule has 154 valence electrons. The van der Waals surface area contributed by atoms with E-state index in [1.807, 2.05) is 18.2 Å². The summed E-state index contributed by atoms with van der Waals surface area (Å²) in [5.74, 6) is 0. The molecule has 1 heterocycles. The Kier molecular flexibility index (Phi) is 4.53. The lowest BCUT2D eigenvalue weighted by molar-refractivity contribution is 1.18. The average Bonchev–Trinajstić information content (AvgIpc) is 3.23. The first-order chi connectivity index (χ1) is 16.3. The fourth-order valence-electron chi connectivity index (χ4n) is 4.67. The van der Waals surface area contributed by atoms with Crippen molar-refractivity contribution < 1.29 is 0 Å². The zero-order chi connectivity index (χ0) is 22.2. The maximum Gasteiger partial charge on any atom is 0.189 e. The van der Waals surface area contributed by atoms with E-state index < -0.39 is 0 Å². The Balaban J connectivity index is 1.58. The molecule has 0 unspecified atom stereocenters. The predicted molar refractivity (Wildman–Crippen MR) is 138 cm³/mol. The molecule has 0 aliphatic rings. The van der Waals surface area contributed by atoms with Gasteiger partial charge in [-0.25, -0.2) is 4.85 Å². The molecule has 0 atom stereocenters. The highest BCUT2D eigenvalue weighted by Crippen LogP contribution is 2.36. The van der Waals surface area contributed by atoms with Crippen LogP contribution in [0.15, 0.2) is 121 Å². The van der Waals surface area contributed by atoms with Gasteiger partial charge < -0.3 is 4.57 Å². The number of fused-ring (bicyclic) bond motifs is 3. The molecule has 0 radical (unpaired) electrons. The number of hydrogen-bond acceptors (Lipinski definition) is 0. The van der Waals surface area contributed by atoms with Crippen LogP contribution in [0.2, 0.25) is 0 Å². The van der Waals surface area contributed by atoms with Gasteiger partial charge in [0.05, 0.1) is 17.6 Å². The molecule has 1 aromatic heterocycles. The van der Waals surface area contributed by atoms with E-state index in [2.05, 4.69) is 113 Å². The van der Waals surface area contributed by atoms with Crippen LogP contribution in [0.5, 0.6) is 0 Å². The van der Waals surface area contributed by atoms with Gasteiger partial charge in [-0.1, -0.05) is 84.9 Å². The lowest BCUT2D eigenvalue weighted by atomic mass is 9.98. The second kappa shape index (κ2) is 7.82. The van der Waals surface area contributed by atoms with Crippen LogP contribution in [0, 0.1) is 6.57 Å². The van der Waals surface area contributed by atoms with Gasteiger partial charge in [-0.15, -0.1) is 0 Å². The Hall–Kier alpha value is -4.61. The minimum absolute atomic E-state index is 0.634. The smallest absolute Gasteiger partial charge is 0.189 e. The lowest BCUT2D eigenvalue weighted by Gasteiger charge is -2.12. The largest absolute Gasteiger partial charge is 0.310 e. The van der Waals surface area contributed by atoms with Gasteiger partial charge >= 0.3 is 0 Å². The summed E-state index contributed by atoms with van der Waals surface area (Å²) in [7, 11) is 0. The summed E-state index contributed by atoms with van der Waals surface area (Å²) >= 11 is 0. The van der Waals surface area contributed by atoms with Gasteiger partial charge in [-0.05, 0) is 58.7 Å². The highest BCUT2D eigenvalue weighted by molar-refractivity contribution is 6.09. The maximum absolute atomic E-state index is 7.74. The first-order valence-electron chi connectivity index (χ1n) is 11.0. The third-order valence-electron chi connectivity index (χ3n) is 6.17. The molecule has 0 saturated carbocycles. The van der Waals surface area contributed by atoms with Crippen molar-refractivity contribution in [1.29, 1.82) is 0 Å². The van der Waals surface area contributed by atoms with Crippen LogP contribution >= 0.6 is 0 Å². The van der Waals surface area contributed by atoms with Crippen LogP contribution in [0.3, 0.4) is 0 Å². The summed E-state index contributed by atoms with van der Waals surface area (Å²) < 4.78 is 2.27. The standard InChI is InChI=1S/C31H20N2/c1-32-26-19-25(24-13-9-12-23(18-24)22-10-3-2-4-11-22)20-27(21-26)33-30-16-7-5-14-28(30)29-15-6-8-17-31(29)33/h2-21H. The van der Waals surface area contributed by atoms with E-state index in [1.54, 1.807) is 0 Å². The Bertz CT molecular complexity index is 1610. The summed E-state index contributed by atoms with van der Waals surface area (Å²) in [4.78, 5) is 3.80. The van der Waals surface area contributed by atoms with E-state index in [1.165, 1.54) is 21.9 Å². The Morgan fingerprint density at radius 2 is 1.06 bits per heavy atom. The van der Waals surface area contributed by atoms with Gasteiger partial charge in [0.1, 0.15) is 0 Å². The highest BCUT2D eigenvalue weighted by atomic mass is 15.0. The molecule has 0 N–H and O–H groups in total. The van der Waals surface area contributed by atoms with E-state index in [0.29, 0.717) is 5.69 Å². The van der Waals surface area contributed by atoms with Crippen molar-refractivity contribution in [3.63, 3.8) is 0 Å². The normalized spacial score (nSPS) is 11.0.